The Morgan fingerprint density at radius 3 is 1.44 bits per heavy atom. The molecule has 3 aromatic heterocycles. The average molecular weight is 816 g/mol. The Balaban J connectivity index is 0.932. The van der Waals surface area contributed by atoms with Crippen molar-refractivity contribution in [1.29, 1.82) is 0 Å². The zero-order valence-electron chi connectivity index (χ0n) is 34.6. The molecule has 0 fully saturated rings. The summed E-state index contributed by atoms with van der Waals surface area (Å²) in [4.78, 5) is 0. The molecule has 13 aromatic rings. The van der Waals surface area contributed by atoms with Crippen LogP contribution < -0.4 is 4.74 Å². The van der Waals surface area contributed by atoms with E-state index >= 15 is 0 Å². The number of hydrogen-bond acceptors (Lipinski definition) is 1. The van der Waals surface area contributed by atoms with Crippen LogP contribution in [0.2, 0.25) is 0 Å². The van der Waals surface area contributed by atoms with Crippen molar-refractivity contribution in [3.05, 3.63) is 224 Å². The molecule has 4 nitrogen and oxygen atoms in total. The molecule has 0 saturated heterocycles. The van der Waals surface area contributed by atoms with Gasteiger partial charge in [-0.25, -0.2) is 0 Å². The summed E-state index contributed by atoms with van der Waals surface area (Å²) in [6, 6.07) is 81.5. The maximum Gasteiger partial charge on any atom is 0.152 e. The highest BCUT2D eigenvalue weighted by Crippen LogP contribution is 2.49. The second-order valence-corrected chi connectivity index (χ2v) is 16.9. The zero-order valence-corrected chi connectivity index (χ0v) is 34.6. The topological polar surface area (TPSA) is 24.0 Å². The third-order valence-electron chi connectivity index (χ3n) is 13.4. The van der Waals surface area contributed by atoms with Gasteiger partial charge in [0, 0.05) is 43.7 Å². The monoisotopic (exact) mass is 815 g/mol. The number of fused-ring (bicyclic) bond motifs is 11. The van der Waals surface area contributed by atoms with E-state index < -0.39 is 0 Å². The largest absolute Gasteiger partial charge is 0.453 e. The van der Waals surface area contributed by atoms with Crippen molar-refractivity contribution < 1.29 is 4.74 Å². The molecule has 4 heterocycles. The molecule has 0 N–H and O–H groups in total. The SMILES string of the molecule is c1ccc(-c2ccc3c(c2)c2cc(-c4ccc5c(c4)c4ccccc4n5-c4ccccc4)ccc2n3-c2ccc(-c3ccc4c5c3c3ccccc3n5-c3ccccc3O4)cc2)cc1. The number of rotatable bonds is 5. The van der Waals surface area contributed by atoms with E-state index in [1.165, 1.54) is 87.7 Å². The van der Waals surface area contributed by atoms with Gasteiger partial charge in [0.05, 0.1) is 38.8 Å². The highest BCUT2D eigenvalue weighted by atomic mass is 16.5. The summed E-state index contributed by atoms with van der Waals surface area (Å²) in [7, 11) is 0. The number of hydrogen-bond donors (Lipinski definition) is 0. The minimum absolute atomic E-state index is 0.872. The molecule has 64 heavy (non-hydrogen) atoms. The molecule has 14 rings (SSSR count). The molecule has 0 atom stereocenters. The highest BCUT2D eigenvalue weighted by molar-refractivity contribution is 6.18. The predicted octanol–water partition coefficient (Wildman–Crippen LogP) is 16.1. The Hall–Kier alpha value is -8.60. The summed E-state index contributed by atoms with van der Waals surface area (Å²) in [6.07, 6.45) is 0. The molecule has 0 saturated carbocycles. The summed E-state index contributed by atoms with van der Waals surface area (Å²) >= 11 is 0. The van der Waals surface area contributed by atoms with Crippen LogP contribution >= 0.6 is 0 Å². The van der Waals surface area contributed by atoms with E-state index in [1.54, 1.807) is 0 Å². The van der Waals surface area contributed by atoms with Gasteiger partial charge in [-0.05, 0) is 130 Å². The Morgan fingerprint density at radius 2 is 0.766 bits per heavy atom. The van der Waals surface area contributed by atoms with Crippen LogP contribution in [0.25, 0.3) is 116 Å². The summed E-state index contributed by atoms with van der Waals surface area (Å²) in [5.41, 5.74) is 17.5. The van der Waals surface area contributed by atoms with Gasteiger partial charge in [0.25, 0.3) is 0 Å². The van der Waals surface area contributed by atoms with Crippen LogP contribution in [0.15, 0.2) is 224 Å². The molecule has 0 aliphatic carbocycles. The van der Waals surface area contributed by atoms with Crippen LogP contribution in [0.3, 0.4) is 0 Å². The maximum atomic E-state index is 6.52. The van der Waals surface area contributed by atoms with Gasteiger partial charge in [-0.2, -0.15) is 0 Å². The first-order valence-electron chi connectivity index (χ1n) is 21.9. The Morgan fingerprint density at radius 1 is 0.281 bits per heavy atom. The van der Waals surface area contributed by atoms with Crippen molar-refractivity contribution in [2.24, 2.45) is 0 Å². The van der Waals surface area contributed by atoms with Crippen LogP contribution in [0.4, 0.5) is 0 Å². The van der Waals surface area contributed by atoms with Gasteiger partial charge in [-0.1, -0.05) is 127 Å². The van der Waals surface area contributed by atoms with Gasteiger partial charge in [0.15, 0.2) is 11.5 Å². The van der Waals surface area contributed by atoms with Crippen LogP contribution in [0, 0.1) is 0 Å². The molecular formula is C60H37N3O. The normalized spacial score (nSPS) is 12.2. The summed E-state index contributed by atoms with van der Waals surface area (Å²) in [5.74, 6) is 1.75. The van der Waals surface area contributed by atoms with E-state index in [0.29, 0.717) is 0 Å². The van der Waals surface area contributed by atoms with Gasteiger partial charge in [0.1, 0.15) is 0 Å². The molecule has 0 amide bonds. The quantitative estimate of drug-likeness (QED) is 0.170. The molecule has 0 bridgehead atoms. The van der Waals surface area contributed by atoms with Gasteiger partial charge in [0.2, 0.25) is 0 Å². The van der Waals surface area contributed by atoms with E-state index in [2.05, 4.69) is 232 Å². The van der Waals surface area contributed by atoms with Gasteiger partial charge < -0.3 is 18.4 Å². The number of para-hydroxylation sites is 5. The molecule has 10 aromatic carbocycles. The lowest BCUT2D eigenvalue weighted by molar-refractivity contribution is 0.476. The summed E-state index contributed by atoms with van der Waals surface area (Å²) < 4.78 is 13.7. The Labute approximate surface area is 368 Å². The Kier molecular flexibility index (Phi) is 7.36. The number of nitrogens with zero attached hydrogens (tertiary/aromatic N) is 3. The van der Waals surface area contributed by atoms with E-state index in [9.17, 15) is 0 Å². The van der Waals surface area contributed by atoms with Crippen molar-refractivity contribution in [2.45, 2.75) is 0 Å². The van der Waals surface area contributed by atoms with Crippen LogP contribution in [0.5, 0.6) is 11.5 Å². The third-order valence-corrected chi connectivity index (χ3v) is 13.4. The van der Waals surface area contributed by atoms with Crippen molar-refractivity contribution in [3.8, 4) is 61.9 Å². The lowest BCUT2D eigenvalue weighted by atomic mass is 9.98. The van der Waals surface area contributed by atoms with Gasteiger partial charge >= 0.3 is 0 Å². The molecule has 0 spiro atoms. The van der Waals surface area contributed by atoms with Crippen molar-refractivity contribution in [1.82, 2.24) is 13.7 Å². The lowest BCUT2D eigenvalue weighted by Crippen LogP contribution is -2.03. The van der Waals surface area contributed by atoms with Crippen LogP contribution in [-0.4, -0.2) is 13.7 Å². The zero-order chi connectivity index (χ0) is 41.9. The fraction of sp³-hybridized carbons (Fsp3) is 0. The van der Waals surface area contributed by atoms with E-state index in [4.69, 9.17) is 4.74 Å². The molecule has 298 valence electrons. The van der Waals surface area contributed by atoms with Crippen LogP contribution in [-0.2, 0) is 0 Å². The van der Waals surface area contributed by atoms with Crippen molar-refractivity contribution in [2.75, 3.05) is 0 Å². The van der Waals surface area contributed by atoms with Crippen molar-refractivity contribution in [3.63, 3.8) is 0 Å². The molecule has 4 heteroatoms. The lowest BCUT2D eigenvalue weighted by Gasteiger charge is -2.21. The van der Waals surface area contributed by atoms with E-state index in [1.807, 2.05) is 6.07 Å². The van der Waals surface area contributed by atoms with E-state index in [0.717, 1.165) is 39.6 Å². The van der Waals surface area contributed by atoms with Crippen molar-refractivity contribution >= 4 is 65.4 Å². The maximum absolute atomic E-state index is 6.52. The standard InChI is InChI=1S/C60H37N3O/c1-3-13-38(14-4-1)40-25-31-54-49(35-40)50-37-42(41-26-32-53-48(36-41)46-17-7-9-19-51(46)61(53)43-15-5-2-6-16-43)27-33-55(50)62(54)44-28-23-39(24-29-44)45-30-34-58-60-59(45)47-18-8-10-20-52(47)63(60)56-21-11-12-22-57(56)64-58/h1-37H. The molecule has 1 aliphatic heterocycles. The molecule has 1 aliphatic rings. The first-order valence-corrected chi connectivity index (χ1v) is 21.9. The number of aromatic nitrogens is 3. The fourth-order valence-electron chi connectivity index (χ4n) is 10.6. The second kappa shape index (κ2) is 13.4. The minimum atomic E-state index is 0.872. The summed E-state index contributed by atoms with van der Waals surface area (Å²) in [6.45, 7) is 0. The number of ether oxygens (including phenoxy) is 1. The second-order valence-electron chi connectivity index (χ2n) is 16.9. The highest BCUT2D eigenvalue weighted by Gasteiger charge is 2.26. The van der Waals surface area contributed by atoms with Gasteiger partial charge in [-0.15, -0.1) is 0 Å². The third kappa shape index (κ3) is 5.05. The molecule has 0 unspecified atom stereocenters. The van der Waals surface area contributed by atoms with Crippen LogP contribution in [0.1, 0.15) is 0 Å². The summed E-state index contributed by atoms with van der Waals surface area (Å²) in [5, 5.41) is 7.37. The predicted molar refractivity (Wildman–Crippen MR) is 266 cm³/mol. The molecular weight excluding hydrogens is 779 g/mol. The fourth-order valence-corrected chi connectivity index (χ4v) is 10.6. The first-order chi connectivity index (χ1) is 31.7. The number of benzene rings is 10. The Bertz CT molecular complexity index is 4020. The van der Waals surface area contributed by atoms with Gasteiger partial charge in [-0.3, -0.25) is 0 Å². The first kappa shape index (κ1) is 35.0. The minimum Gasteiger partial charge on any atom is -0.453 e. The smallest absolute Gasteiger partial charge is 0.152 e. The molecule has 0 radical (unpaired) electrons. The van der Waals surface area contributed by atoms with E-state index in [-0.39, 0.29) is 0 Å². The average Bonchev–Trinajstić information content (AvgIpc) is 4.01.